The molecule has 0 aliphatic rings. The molecule has 0 saturated carbocycles. The lowest BCUT2D eigenvalue weighted by atomic mass is 10.1. The number of carbonyl (C=O) groups excluding carboxylic acids is 1. The molecule has 0 unspecified atom stereocenters. The van der Waals surface area contributed by atoms with Gasteiger partial charge in [-0.05, 0) is 42.8 Å². The summed E-state index contributed by atoms with van der Waals surface area (Å²) in [5, 5.41) is 3.39. The van der Waals surface area contributed by atoms with Gasteiger partial charge in [0, 0.05) is 11.3 Å². The van der Waals surface area contributed by atoms with Gasteiger partial charge in [0.15, 0.2) is 0 Å². The summed E-state index contributed by atoms with van der Waals surface area (Å²) in [5.41, 5.74) is 1.87. The van der Waals surface area contributed by atoms with E-state index in [1.54, 1.807) is 31.2 Å². The standard InChI is InChI=1S/C15H14Cl2N2O3S/c1-9-3-4-10(7-14(9)19-23(2,21)22)15(20)18-11-5-6-12(16)13(17)8-11/h3-8,19H,1-2H3,(H,18,20). The molecule has 0 saturated heterocycles. The quantitative estimate of drug-likeness (QED) is 0.853. The van der Waals surface area contributed by atoms with Crippen LogP contribution in [0, 0.1) is 6.92 Å². The van der Waals surface area contributed by atoms with E-state index in [1.165, 1.54) is 12.1 Å². The summed E-state index contributed by atoms with van der Waals surface area (Å²) in [7, 11) is -3.43. The van der Waals surface area contributed by atoms with Crippen molar-refractivity contribution in [3.05, 3.63) is 57.6 Å². The second-order valence-corrected chi connectivity index (χ2v) is 7.55. The minimum absolute atomic E-state index is 0.313. The fourth-order valence-corrected chi connectivity index (χ4v) is 2.77. The van der Waals surface area contributed by atoms with E-state index in [0.717, 1.165) is 6.26 Å². The second kappa shape index (κ2) is 6.78. The minimum atomic E-state index is -3.43. The van der Waals surface area contributed by atoms with Gasteiger partial charge < -0.3 is 5.32 Å². The molecule has 0 atom stereocenters. The van der Waals surface area contributed by atoms with Gasteiger partial charge in [-0.2, -0.15) is 0 Å². The maximum absolute atomic E-state index is 12.3. The molecule has 0 fully saturated rings. The maximum Gasteiger partial charge on any atom is 0.255 e. The zero-order valence-electron chi connectivity index (χ0n) is 12.4. The van der Waals surface area contributed by atoms with E-state index in [1.807, 2.05) is 0 Å². The van der Waals surface area contributed by atoms with Crippen molar-refractivity contribution in [2.45, 2.75) is 6.92 Å². The molecule has 23 heavy (non-hydrogen) atoms. The number of halogens is 2. The number of rotatable bonds is 4. The molecular weight excluding hydrogens is 359 g/mol. The van der Waals surface area contributed by atoms with Crippen LogP contribution in [0.15, 0.2) is 36.4 Å². The zero-order chi connectivity index (χ0) is 17.2. The monoisotopic (exact) mass is 372 g/mol. The van der Waals surface area contributed by atoms with Crippen molar-refractivity contribution in [1.29, 1.82) is 0 Å². The van der Waals surface area contributed by atoms with Crippen LogP contribution in [0.2, 0.25) is 10.0 Å². The van der Waals surface area contributed by atoms with E-state index in [9.17, 15) is 13.2 Å². The third-order valence-corrected chi connectivity index (χ3v) is 4.30. The molecule has 2 rings (SSSR count). The van der Waals surface area contributed by atoms with Gasteiger partial charge >= 0.3 is 0 Å². The number of anilines is 2. The highest BCUT2D eigenvalue weighted by atomic mass is 35.5. The molecule has 0 aliphatic heterocycles. The first-order valence-electron chi connectivity index (χ1n) is 6.50. The van der Waals surface area contributed by atoms with E-state index < -0.39 is 10.0 Å². The highest BCUT2D eigenvalue weighted by molar-refractivity contribution is 7.92. The number of benzene rings is 2. The summed E-state index contributed by atoms with van der Waals surface area (Å²) >= 11 is 11.7. The molecule has 8 heteroatoms. The second-order valence-electron chi connectivity index (χ2n) is 4.99. The number of amides is 1. The molecule has 2 N–H and O–H groups in total. The van der Waals surface area contributed by atoms with Crippen LogP contribution >= 0.6 is 23.2 Å². The van der Waals surface area contributed by atoms with Gasteiger partial charge in [-0.3, -0.25) is 9.52 Å². The molecule has 1 amide bonds. The van der Waals surface area contributed by atoms with Crippen LogP contribution in [0.25, 0.3) is 0 Å². The Morgan fingerprint density at radius 1 is 1.04 bits per heavy atom. The number of aryl methyl sites for hydroxylation is 1. The lowest BCUT2D eigenvalue weighted by Gasteiger charge is -2.11. The molecular formula is C15H14Cl2N2O3S. The number of hydrogen-bond acceptors (Lipinski definition) is 3. The fourth-order valence-electron chi connectivity index (χ4n) is 1.85. The molecule has 0 radical (unpaired) electrons. The summed E-state index contributed by atoms with van der Waals surface area (Å²) in [5.74, 6) is -0.389. The number of nitrogens with one attached hydrogen (secondary N) is 2. The average Bonchev–Trinajstić information content (AvgIpc) is 2.44. The van der Waals surface area contributed by atoms with Crippen LogP contribution in [0.3, 0.4) is 0 Å². The van der Waals surface area contributed by atoms with Crippen molar-refractivity contribution in [2.75, 3.05) is 16.3 Å². The van der Waals surface area contributed by atoms with Crippen LogP contribution in [0.1, 0.15) is 15.9 Å². The normalized spacial score (nSPS) is 11.1. The Labute approximate surface area is 144 Å². The third-order valence-electron chi connectivity index (χ3n) is 2.97. The predicted octanol–water partition coefficient (Wildman–Crippen LogP) is 3.93. The van der Waals surface area contributed by atoms with Gasteiger partial charge in [-0.15, -0.1) is 0 Å². The van der Waals surface area contributed by atoms with E-state index in [0.29, 0.717) is 32.5 Å². The SMILES string of the molecule is Cc1ccc(C(=O)Nc2ccc(Cl)c(Cl)c2)cc1NS(C)(=O)=O. The highest BCUT2D eigenvalue weighted by Crippen LogP contribution is 2.25. The Hall–Kier alpha value is -1.76. The van der Waals surface area contributed by atoms with Gasteiger partial charge in [0.05, 0.1) is 22.0 Å². The van der Waals surface area contributed by atoms with Crippen molar-refractivity contribution in [2.24, 2.45) is 0 Å². The Morgan fingerprint density at radius 2 is 1.74 bits per heavy atom. The Kier molecular flexibility index (Phi) is 5.19. The first kappa shape index (κ1) is 17.6. The van der Waals surface area contributed by atoms with E-state index in [-0.39, 0.29) is 5.91 Å². The number of hydrogen-bond donors (Lipinski definition) is 2. The topological polar surface area (TPSA) is 75.3 Å². The molecule has 0 spiro atoms. The minimum Gasteiger partial charge on any atom is -0.322 e. The summed E-state index contributed by atoms with van der Waals surface area (Å²) in [6.45, 7) is 1.74. The van der Waals surface area contributed by atoms with Crippen LogP contribution < -0.4 is 10.0 Å². The number of sulfonamides is 1. The Morgan fingerprint density at radius 3 is 2.35 bits per heavy atom. The van der Waals surface area contributed by atoms with E-state index >= 15 is 0 Å². The maximum atomic E-state index is 12.3. The Balaban J connectivity index is 2.25. The van der Waals surface area contributed by atoms with Crippen LogP contribution in [0.5, 0.6) is 0 Å². The number of carbonyl (C=O) groups is 1. The molecule has 0 aliphatic carbocycles. The van der Waals surface area contributed by atoms with Gasteiger partial charge in [-0.25, -0.2) is 8.42 Å². The van der Waals surface area contributed by atoms with Crippen LogP contribution in [0.4, 0.5) is 11.4 Å². The zero-order valence-corrected chi connectivity index (χ0v) is 14.7. The summed E-state index contributed by atoms with van der Waals surface area (Å²) in [6, 6.07) is 9.48. The van der Waals surface area contributed by atoms with E-state index in [4.69, 9.17) is 23.2 Å². The third kappa shape index (κ3) is 4.86. The van der Waals surface area contributed by atoms with Crippen molar-refractivity contribution in [3.8, 4) is 0 Å². The molecule has 0 bridgehead atoms. The molecule has 0 aromatic heterocycles. The van der Waals surface area contributed by atoms with Crippen molar-refractivity contribution in [1.82, 2.24) is 0 Å². The lowest BCUT2D eigenvalue weighted by Crippen LogP contribution is -2.14. The van der Waals surface area contributed by atoms with Gasteiger partial charge in [0.2, 0.25) is 10.0 Å². The van der Waals surface area contributed by atoms with Gasteiger partial charge in [0.1, 0.15) is 0 Å². The highest BCUT2D eigenvalue weighted by Gasteiger charge is 2.11. The fraction of sp³-hybridized carbons (Fsp3) is 0.133. The summed E-state index contributed by atoms with van der Waals surface area (Å²) < 4.78 is 25.1. The largest absolute Gasteiger partial charge is 0.322 e. The van der Waals surface area contributed by atoms with Crippen molar-refractivity contribution in [3.63, 3.8) is 0 Å². The molecule has 5 nitrogen and oxygen atoms in total. The van der Waals surface area contributed by atoms with Gasteiger partial charge in [-0.1, -0.05) is 29.3 Å². The van der Waals surface area contributed by atoms with Crippen molar-refractivity contribution < 1.29 is 13.2 Å². The molecule has 122 valence electrons. The average molecular weight is 373 g/mol. The molecule has 0 heterocycles. The summed E-state index contributed by atoms with van der Waals surface area (Å²) in [4.78, 5) is 12.3. The molecule has 2 aromatic rings. The first-order chi connectivity index (χ1) is 10.7. The summed E-state index contributed by atoms with van der Waals surface area (Å²) in [6.07, 6.45) is 1.05. The van der Waals surface area contributed by atoms with Crippen LogP contribution in [-0.4, -0.2) is 20.6 Å². The van der Waals surface area contributed by atoms with Crippen molar-refractivity contribution >= 4 is 50.5 Å². The predicted molar refractivity (Wildman–Crippen MR) is 94.1 cm³/mol. The smallest absolute Gasteiger partial charge is 0.255 e. The van der Waals surface area contributed by atoms with E-state index in [2.05, 4.69) is 10.0 Å². The Bertz CT molecular complexity index is 867. The first-order valence-corrected chi connectivity index (χ1v) is 9.15. The molecule has 2 aromatic carbocycles. The lowest BCUT2D eigenvalue weighted by molar-refractivity contribution is 0.102. The van der Waals surface area contributed by atoms with Crippen LogP contribution in [-0.2, 0) is 10.0 Å². The van der Waals surface area contributed by atoms with Gasteiger partial charge in [0.25, 0.3) is 5.91 Å².